The second-order valence-corrected chi connectivity index (χ2v) is 6.54. The van der Waals surface area contributed by atoms with Crippen LogP contribution < -0.4 is 10.5 Å². The maximum absolute atomic E-state index is 12.6. The number of imidazole rings is 1. The summed E-state index contributed by atoms with van der Waals surface area (Å²) in [5.74, 6) is 2.25. The van der Waals surface area contributed by atoms with Gasteiger partial charge in [-0.25, -0.2) is 19.6 Å². The van der Waals surface area contributed by atoms with E-state index in [4.69, 9.17) is 0 Å². The highest BCUT2D eigenvalue weighted by molar-refractivity contribution is 5.92. The minimum Gasteiger partial charge on any atom is -0.353 e. The number of hydrogen-bond donors (Lipinski definition) is 0. The third-order valence-corrected chi connectivity index (χ3v) is 4.78. The molecule has 0 bridgehead atoms. The first-order valence-electron chi connectivity index (χ1n) is 8.94. The van der Waals surface area contributed by atoms with Gasteiger partial charge in [0.25, 0.3) is 11.5 Å². The van der Waals surface area contributed by atoms with Crippen molar-refractivity contribution in [2.45, 2.75) is 6.92 Å². The standard InChI is InChI=1S/C18H20N8O2/c1-13-19-5-6-26(13)16-11-15(20-12-21-16)24-7-9-25(10-8-24)18(28)14-3-4-17(27)23(2)22-14/h3-6,11-12H,7-10H2,1-2H3. The van der Waals surface area contributed by atoms with Crippen molar-refractivity contribution in [2.24, 2.45) is 7.05 Å². The van der Waals surface area contributed by atoms with Gasteiger partial charge in [-0.15, -0.1) is 0 Å². The molecule has 0 spiro atoms. The van der Waals surface area contributed by atoms with Crippen molar-refractivity contribution in [2.75, 3.05) is 31.1 Å². The van der Waals surface area contributed by atoms with E-state index in [9.17, 15) is 9.59 Å². The minimum absolute atomic E-state index is 0.173. The third-order valence-electron chi connectivity index (χ3n) is 4.78. The molecule has 10 heteroatoms. The first-order valence-corrected chi connectivity index (χ1v) is 8.94. The molecule has 3 aromatic rings. The molecule has 0 aliphatic carbocycles. The fourth-order valence-corrected chi connectivity index (χ4v) is 3.18. The molecular weight excluding hydrogens is 360 g/mol. The van der Waals surface area contributed by atoms with Gasteiger partial charge in [-0.3, -0.25) is 14.2 Å². The molecule has 1 saturated heterocycles. The van der Waals surface area contributed by atoms with Crippen LogP contribution in [-0.2, 0) is 7.05 Å². The SMILES string of the molecule is Cc1nccn1-c1cc(N2CCN(C(=O)c3ccc(=O)n(C)n3)CC2)ncn1. The molecule has 0 saturated carbocycles. The Morgan fingerprint density at radius 3 is 2.46 bits per heavy atom. The molecule has 0 N–H and O–H groups in total. The lowest BCUT2D eigenvalue weighted by atomic mass is 10.2. The van der Waals surface area contributed by atoms with Gasteiger partial charge < -0.3 is 9.80 Å². The number of anilines is 1. The van der Waals surface area contributed by atoms with Crippen molar-refractivity contribution in [3.05, 3.63) is 58.8 Å². The smallest absolute Gasteiger partial charge is 0.274 e. The van der Waals surface area contributed by atoms with Crippen LogP contribution in [0.4, 0.5) is 5.82 Å². The maximum atomic E-state index is 12.6. The molecule has 0 aromatic carbocycles. The highest BCUT2D eigenvalue weighted by atomic mass is 16.2. The summed E-state index contributed by atoms with van der Waals surface area (Å²) in [5, 5.41) is 4.04. The van der Waals surface area contributed by atoms with E-state index in [1.165, 1.54) is 30.2 Å². The predicted octanol–water partition coefficient (Wildman–Crippen LogP) is 0.0268. The number of hydrogen-bond acceptors (Lipinski definition) is 7. The minimum atomic E-state index is -0.242. The molecule has 28 heavy (non-hydrogen) atoms. The summed E-state index contributed by atoms with van der Waals surface area (Å²) in [6, 6.07) is 4.75. The van der Waals surface area contributed by atoms with E-state index in [-0.39, 0.29) is 17.2 Å². The van der Waals surface area contributed by atoms with Crippen LogP contribution >= 0.6 is 0 Å². The second-order valence-electron chi connectivity index (χ2n) is 6.54. The van der Waals surface area contributed by atoms with Crippen LogP contribution in [0.1, 0.15) is 16.3 Å². The number of amides is 1. The number of aromatic nitrogens is 6. The summed E-state index contributed by atoms with van der Waals surface area (Å²) in [6.45, 7) is 4.31. The number of nitrogens with zero attached hydrogens (tertiary/aromatic N) is 8. The van der Waals surface area contributed by atoms with E-state index >= 15 is 0 Å². The summed E-state index contributed by atoms with van der Waals surface area (Å²) in [6.07, 6.45) is 5.13. The van der Waals surface area contributed by atoms with E-state index in [1.54, 1.807) is 11.1 Å². The van der Waals surface area contributed by atoms with E-state index in [1.807, 2.05) is 23.8 Å². The molecule has 4 rings (SSSR count). The quantitative estimate of drug-likeness (QED) is 0.631. The largest absolute Gasteiger partial charge is 0.353 e. The average molecular weight is 380 g/mol. The van der Waals surface area contributed by atoms with Gasteiger partial charge >= 0.3 is 0 Å². The summed E-state index contributed by atoms with van der Waals surface area (Å²) in [4.78, 5) is 40.9. The Kier molecular flexibility index (Phi) is 4.60. The highest BCUT2D eigenvalue weighted by Gasteiger charge is 2.24. The fourth-order valence-electron chi connectivity index (χ4n) is 3.18. The van der Waals surface area contributed by atoms with Crippen LogP contribution in [0.25, 0.3) is 5.82 Å². The molecule has 144 valence electrons. The number of piperazine rings is 1. The van der Waals surface area contributed by atoms with Crippen molar-refractivity contribution in [3.63, 3.8) is 0 Å². The van der Waals surface area contributed by atoms with Crippen molar-refractivity contribution in [3.8, 4) is 5.82 Å². The summed E-state index contributed by atoms with van der Waals surface area (Å²) in [7, 11) is 1.53. The van der Waals surface area contributed by atoms with Crippen molar-refractivity contribution in [1.82, 2.24) is 34.2 Å². The van der Waals surface area contributed by atoms with Crippen LogP contribution in [0.3, 0.4) is 0 Å². The van der Waals surface area contributed by atoms with Crippen LogP contribution in [0.5, 0.6) is 0 Å². The molecule has 10 nitrogen and oxygen atoms in total. The van der Waals surface area contributed by atoms with E-state index in [0.29, 0.717) is 26.2 Å². The molecule has 4 heterocycles. The van der Waals surface area contributed by atoms with Gasteiger partial charge in [0, 0.05) is 57.8 Å². The first kappa shape index (κ1) is 17.8. The lowest BCUT2D eigenvalue weighted by Crippen LogP contribution is -2.49. The van der Waals surface area contributed by atoms with E-state index in [2.05, 4.69) is 25.0 Å². The monoisotopic (exact) mass is 380 g/mol. The summed E-state index contributed by atoms with van der Waals surface area (Å²) in [5.41, 5.74) is 0.0320. The Hall–Kier alpha value is -3.56. The van der Waals surface area contributed by atoms with Gasteiger partial charge in [-0.2, -0.15) is 5.10 Å². The van der Waals surface area contributed by atoms with Crippen molar-refractivity contribution < 1.29 is 4.79 Å². The Labute approximate surface area is 161 Å². The van der Waals surface area contributed by atoms with Crippen LogP contribution in [0, 0.1) is 6.92 Å². The van der Waals surface area contributed by atoms with E-state index < -0.39 is 0 Å². The third kappa shape index (κ3) is 3.36. The van der Waals surface area contributed by atoms with Crippen LogP contribution in [0.15, 0.2) is 41.7 Å². The Morgan fingerprint density at radius 2 is 1.79 bits per heavy atom. The zero-order chi connectivity index (χ0) is 19.7. The fraction of sp³-hybridized carbons (Fsp3) is 0.333. The predicted molar refractivity (Wildman–Crippen MR) is 101 cm³/mol. The first-order chi connectivity index (χ1) is 13.5. The molecule has 3 aromatic heterocycles. The van der Waals surface area contributed by atoms with E-state index in [0.717, 1.165) is 17.5 Å². The van der Waals surface area contributed by atoms with Gasteiger partial charge in [0.15, 0.2) is 0 Å². The zero-order valence-corrected chi connectivity index (χ0v) is 15.7. The normalized spacial score (nSPS) is 14.4. The summed E-state index contributed by atoms with van der Waals surface area (Å²) < 4.78 is 3.07. The highest BCUT2D eigenvalue weighted by Crippen LogP contribution is 2.17. The molecule has 1 fully saturated rings. The average Bonchev–Trinajstić information content (AvgIpc) is 3.16. The van der Waals surface area contributed by atoms with Crippen molar-refractivity contribution >= 4 is 11.7 Å². The zero-order valence-electron chi connectivity index (χ0n) is 15.7. The topological polar surface area (TPSA) is 102 Å². The Balaban J connectivity index is 1.46. The summed E-state index contributed by atoms with van der Waals surface area (Å²) >= 11 is 0. The number of rotatable bonds is 3. The lowest BCUT2D eigenvalue weighted by molar-refractivity contribution is 0.0738. The molecular formula is C18H20N8O2. The number of carbonyl (C=O) groups excluding carboxylic acids is 1. The van der Waals surface area contributed by atoms with Gasteiger partial charge in [-0.05, 0) is 13.0 Å². The van der Waals surface area contributed by atoms with Crippen molar-refractivity contribution in [1.29, 1.82) is 0 Å². The molecule has 0 atom stereocenters. The lowest BCUT2D eigenvalue weighted by Gasteiger charge is -2.35. The molecule has 1 aliphatic heterocycles. The molecule has 0 unspecified atom stereocenters. The second kappa shape index (κ2) is 7.22. The van der Waals surface area contributed by atoms with Gasteiger partial charge in [-0.1, -0.05) is 0 Å². The van der Waals surface area contributed by atoms with Gasteiger partial charge in [0.2, 0.25) is 0 Å². The molecule has 1 aliphatic rings. The number of aryl methyl sites for hydroxylation is 2. The maximum Gasteiger partial charge on any atom is 0.274 e. The number of carbonyl (C=O) groups is 1. The molecule has 0 radical (unpaired) electrons. The van der Waals surface area contributed by atoms with Crippen LogP contribution in [-0.4, -0.2) is 66.3 Å². The Bertz CT molecular complexity index is 1070. The van der Waals surface area contributed by atoms with Gasteiger partial charge in [0.05, 0.1) is 0 Å². The Morgan fingerprint density at radius 1 is 1.04 bits per heavy atom. The molecule has 1 amide bonds. The van der Waals surface area contributed by atoms with Crippen LogP contribution in [0.2, 0.25) is 0 Å². The van der Waals surface area contributed by atoms with Gasteiger partial charge in [0.1, 0.15) is 29.5 Å².